The maximum Gasteiger partial charge on any atom is 0.253 e. The van der Waals surface area contributed by atoms with Crippen LogP contribution in [0.5, 0.6) is 17.2 Å². The molecule has 1 aromatic heterocycles. The summed E-state index contributed by atoms with van der Waals surface area (Å²) in [5, 5.41) is 3.65. The number of hydrogen-bond donors (Lipinski definition) is 2. The molecular formula is C20H20N2O5. The molecule has 1 heterocycles. The van der Waals surface area contributed by atoms with Crippen molar-refractivity contribution in [1.82, 2.24) is 10.3 Å². The van der Waals surface area contributed by atoms with E-state index >= 15 is 0 Å². The van der Waals surface area contributed by atoms with Crippen LogP contribution in [0.4, 0.5) is 0 Å². The van der Waals surface area contributed by atoms with Gasteiger partial charge in [0.2, 0.25) is 5.75 Å². The van der Waals surface area contributed by atoms with E-state index in [9.17, 15) is 9.59 Å². The molecule has 7 nitrogen and oxygen atoms in total. The van der Waals surface area contributed by atoms with Crippen LogP contribution in [0, 0.1) is 0 Å². The summed E-state index contributed by atoms with van der Waals surface area (Å²) in [7, 11) is 4.45. The van der Waals surface area contributed by atoms with Crippen LogP contribution in [0.2, 0.25) is 0 Å². The lowest BCUT2D eigenvalue weighted by molar-refractivity contribution is 0.0950. The zero-order valence-corrected chi connectivity index (χ0v) is 15.3. The molecule has 0 saturated carbocycles. The van der Waals surface area contributed by atoms with E-state index in [1.807, 2.05) is 24.3 Å². The van der Waals surface area contributed by atoms with Crippen molar-refractivity contribution in [3.05, 3.63) is 63.9 Å². The lowest BCUT2D eigenvalue weighted by Gasteiger charge is -2.14. The summed E-state index contributed by atoms with van der Waals surface area (Å²) in [5.74, 6) is 0.806. The van der Waals surface area contributed by atoms with Crippen molar-refractivity contribution in [3.8, 4) is 17.2 Å². The number of nitrogens with one attached hydrogen (secondary N) is 2. The van der Waals surface area contributed by atoms with Gasteiger partial charge in [-0.1, -0.05) is 18.2 Å². The summed E-state index contributed by atoms with van der Waals surface area (Å²) in [6, 6.07) is 12.3. The molecule has 7 heteroatoms. The number of H-pyrrole nitrogens is 1. The molecule has 3 aromatic rings. The number of rotatable bonds is 6. The second kappa shape index (κ2) is 7.82. The van der Waals surface area contributed by atoms with Gasteiger partial charge < -0.3 is 24.5 Å². The molecule has 0 atom stereocenters. The third kappa shape index (κ3) is 3.72. The molecule has 2 aromatic carbocycles. The zero-order valence-electron chi connectivity index (χ0n) is 15.3. The lowest BCUT2D eigenvalue weighted by Crippen LogP contribution is -2.26. The van der Waals surface area contributed by atoms with Gasteiger partial charge in [0.05, 0.1) is 21.3 Å². The number of fused-ring (bicyclic) bond motifs is 1. The fourth-order valence-corrected chi connectivity index (χ4v) is 2.81. The Labute approximate surface area is 155 Å². The van der Waals surface area contributed by atoms with Crippen LogP contribution >= 0.6 is 0 Å². The van der Waals surface area contributed by atoms with Gasteiger partial charge in [-0.05, 0) is 29.7 Å². The topological polar surface area (TPSA) is 89.7 Å². The lowest BCUT2D eigenvalue weighted by atomic mass is 10.1. The van der Waals surface area contributed by atoms with Crippen LogP contribution < -0.4 is 25.1 Å². The van der Waals surface area contributed by atoms with Crippen molar-refractivity contribution in [2.24, 2.45) is 0 Å². The normalized spacial score (nSPS) is 10.5. The molecule has 3 rings (SSSR count). The predicted octanol–water partition coefficient (Wildman–Crippen LogP) is 2.48. The fraction of sp³-hybridized carbons (Fsp3) is 0.200. The molecule has 0 saturated heterocycles. The van der Waals surface area contributed by atoms with Gasteiger partial charge >= 0.3 is 0 Å². The first-order chi connectivity index (χ1) is 13.1. The second-order valence-corrected chi connectivity index (χ2v) is 5.81. The third-order valence-electron chi connectivity index (χ3n) is 4.20. The van der Waals surface area contributed by atoms with Gasteiger partial charge in [0.1, 0.15) is 0 Å². The summed E-state index contributed by atoms with van der Waals surface area (Å²) in [4.78, 5) is 27.6. The molecule has 0 aliphatic rings. The largest absolute Gasteiger partial charge is 0.493 e. The van der Waals surface area contributed by atoms with Crippen LogP contribution in [0.15, 0.2) is 47.3 Å². The minimum absolute atomic E-state index is 0.0929. The van der Waals surface area contributed by atoms with Crippen molar-refractivity contribution in [1.29, 1.82) is 0 Å². The van der Waals surface area contributed by atoms with E-state index in [0.717, 1.165) is 10.9 Å². The molecule has 0 unspecified atom stereocenters. The highest BCUT2D eigenvalue weighted by Gasteiger charge is 2.17. The van der Waals surface area contributed by atoms with Gasteiger partial charge in [-0.2, -0.15) is 0 Å². The number of ether oxygens (including phenoxy) is 3. The first-order valence-corrected chi connectivity index (χ1v) is 8.26. The standard InChI is InChI=1S/C20H20N2O5/c1-25-16-9-13(10-17(26-2)18(16)27-3)19(23)21-11-14-8-12-6-4-5-7-15(12)22-20(14)24/h4-10H,11H2,1-3H3,(H,21,23)(H,22,24). The van der Waals surface area contributed by atoms with E-state index in [1.54, 1.807) is 18.2 Å². The Kier molecular flexibility index (Phi) is 5.30. The van der Waals surface area contributed by atoms with Gasteiger partial charge in [0.15, 0.2) is 11.5 Å². The summed E-state index contributed by atoms with van der Waals surface area (Å²) in [6.45, 7) is 0.0929. The number of carbonyl (C=O) groups is 1. The Morgan fingerprint density at radius 3 is 2.30 bits per heavy atom. The SMILES string of the molecule is COc1cc(C(=O)NCc2cc3ccccc3[nH]c2=O)cc(OC)c1OC. The van der Waals surface area contributed by atoms with Crippen LogP contribution in [-0.2, 0) is 6.54 Å². The molecule has 0 aliphatic heterocycles. The van der Waals surface area contributed by atoms with Crippen LogP contribution in [0.3, 0.4) is 0 Å². The van der Waals surface area contributed by atoms with Crippen molar-refractivity contribution in [3.63, 3.8) is 0 Å². The number of hydrogen-bond acceptors (Lipinski definition) is 5. The minimum Gasteiger partial charge on any atom is -0.493 e. The Morgan fingerprint density at radius 2 is 1.67 bits per heavy atom. The number of aromatic amines is 1. The molecule has 0 fully saturated rings. The van der Waals surface area contributed by atoms with E-state index in [2.05, 4.69) is 10.3 Å². The van der Waals surface area contributed by atoms with Gasteiger partial charge in [-0.15, -0.1) is 0 Å². The van der Waals surface area contributed by atoms with Crippen molar-refractivity contribution in [2.75, 3.05) is 21.3 Å². The molecule has 0 bridgehead atoms. The van der Waals surface area contributed by atoms with E-state index in [0.29, 0.717) is 28.4 Å². The molecule has 1 amide bonds. The van der Waals surface area contributed by atoms with Gasteiger partial charge in [0.25, 0.3) is 11.5 Å². The van der Waals surface area contributed by atoms with Crippen LogP contribution in [0.25, 0.3) is 10.9 Å². The number of para-hydroxylation sites is 1. The molecular weight excluding hydrogens is 348 g/mol. The van der Waals surface area contributed by atoms with Gasteiger partial charge in [-0.3, -0.25) is 9.59 Å². The first kappa shape index (κ1) is 18.3. The summed E-state index contributed by atoms with van der Waals surface area (Å²) in [5.41, 5.74) is 1.32. The Morgan fingerprint density at radius 1 is 1.00 bits per heavy atom. The Hall–Kier alpha value is -3.48. The molecule has 0 aliphatic carbocycles. The summed E-state index contributed by atoms with van der Waals surface area (Å²) in [6.07, 6.45) is 0. The highest BCUT2D eigenvalue weighted by Crippen LogP contribution is 2.38. The Bertz CT molecular complexity index is 1020. The van der Waals surface area contributed by atoms with Crippen molar-refractivity contribution in [2.45, 2.75) is 6.54 Å². The predicted molar refractivity (Wildman–Crippen MR) is 102 cm³/mol. The molecule has 140 valence electrons. The molecule has 0 spiro atoms. The van der Waals surface area contributed by atoms with Crippen LogP contribution in [0.1, 0.15) is 15.9 Å². The smallest absolute Gasteiger partial charge is 0.253 e. The average Bonchev–Trinajstić information content (AvgIpc) is 2.70. The highest BCUT2D eigenvalue weighted by molar-refractivity contribution is 5.95. The van der Waals surface area contributed by atoms with Crippen molar-refractivity contribution < 1.29 is 19.0 Å². The monoisotopic (exact) mass is 368 g/mol. The maximum atomic E-state index is 12.6. The van der Waals surface area contributed by atoms with Gasteiger partial charge in [0, 0.05) is 23.2 Å². The quantitative estimate of drug-likeness (QED) is 0.698. The highest BCUT2D eigenvalue weighted by atomic mass is 16.5. The molecule has 0 radical (unpaired) electrons. The van der Waals surface area contributed by atoms with E-state index in [1.165, 1.54) is 21.3 Å². The number of pyridine rings is 1. The number of methoxy groups -OCH3 is 3. The number of amides is 1. The molecule has 27 heavy (non-hydrogen) atoms. The maximum absolute atomic E-state index is 12.6. The Balaban J connectivity index is 1.84. The fourth-order valence-electron chi connectivity index (χ4n) is 2.81. The van der Waals surface area contributed by atoms with Crippen molar-refractivity contribution >= 4 is 16.8 Å². The second-order valence-electron chi connectivity index (χ2n) is 5.81. The first-order valence-electron chi connectivity index (χ1n) is 8.26. The zero-order chi connectivity index (χ0) is 19.4. The molecule has 2 N–H and O–H groups in total. The minimum atomic E-state index is -0.359. The summed E-state index contributed by atoms with van der Waals surface area (Å²) < 4.78 is 15.8. The van der Waals surface area contributed by atoms with E-state index in [4.69, 9.17) is 14.2 Å². The number of benzene rings is 2. The third-order valence-corrected chi connectivity index (χ3v) is 4.20. The van der Waals surface area contributed by atoms with Gasteiger partial charge in [-0.25, -0.2) is 0 Å². The number of aromatic nitrogens is 1. The van der Waals surface area contributed by atoms with E-state index < -0.39 is 0 Å². The van der Waals surface area contributed by atoms with E-state index in [-0.39, 0.29) is 18.0 Å². The summed E-state index contributed by atoms with van der Waals surface area (Å²) >= 11 is 0. The average molecular weight is 368 g/mol. The van der Waals surface area contributed by atoms with Crippen LogP contribution in [-0.4, -0.2) is 32.2 Å². The number of carbonyl (C=O) groups excluding carboxylic acids is 1.